The number of benzene rings is 3. The minimum absolute atomic E-state index is 0.0142. The number of carboxylic acids is 1. The molecular formula is C41H44N2O11. The molecule has 284 valence electrons. The molecule has 0 bridgehead atoms. The molecule has 0 aromatic heterocycles. The number of carbonyl (C=O) groups excluding carboxylic acids is 1. The molecule has 7 atom stereocenters. The van der Waals surface area contributed by atoms with Gasteiger partial charge in [0.1, 0.15) is 35.7 Å². The third kappa shape index (κ3) is 7.96. The molecule has 0 unspecified atom stereocenters. The van der Waals surface area contributed by atoms with Gasteiger partial charge in [0.15, 0.2) is 23.6 Å². The molecule has 3 aromatic rings. The topological polar surface area (TPSA) is 208 Å². The number of nitrogens with zero attached hydrogens (tertiary/aromatic N) is 1. The first-order chi connectivity index (χ1) is 25.9. The van der Waals surface area contributed by atoms with Crippen molar-refractivity contribution in [2.45, 2.75) is 49.5 Å². The van der Waals surface area contributed by atoms with E-state index in [1.54, 1.807) is 12.1 Å². The van der Waals surface area contributed by atoms with Crippen LogP contribution in [0.3, 0.4) is 0 Å². The molecule has 0 spiro atoms. The third-order valence-corrected chi connectivity index (χ3v) is 10.3. The van der Waals surface area contributed by atoms with Crippen LogP contribution in [0.5, 0.6) is 17.2 Å². The number of aliphatic hydroxyl groups is 4. The number of rotatable bonds is 15. The summed E-state index contributed by atoms with van der Waals surface area (Å²) in [7, 11) is 0. The van der Waals surface area contributed by atoms with Gasteiger partial charge in [-0.3, -0.25) is 9.79 Å². The number of hydrogen-bond donors (Lipinski definition) is 7. The van der Waals surface area contributed by atoms with Crippen molar-refractivity contribution in [2.24, 2.45) is 16.8 Å². The number of allylic oxidation sites excluding steroid dienone is 2. The normalized spacial score (nSPS) is 26.1. The van der Waals surface area contributed by atoms with E-state index in [0.717, 1.165) is 17.6 Å². The van der Waals surface area contributed by atoms with Gasteiger partial charge in [-0.1, -0.05) is 67.6 Å². The lowest BCUT2D eigenvalue weighted by Gasteiger charge is -2.51. The molecule has 6 rings (SSSR count). The molecule has 1 saturated heterocycles. The van der Waals surface area contributed by atoms with Crippen LogP contribution in [0.1, 0.15) is 36.5 Å². The SMILES string of the molecule is C[C@H](C/C=C/c1ccccc1)[C@H](CNC[C@]1(O)[C@H](Oc2ccc3c(c2)OCC(c2ccc(O)cc2)=C3O)O[C@H](C(=O)O)[C@@H](O)[C@@]1(O)C=O)CC1=CCN=C1. The van der Waals surface area contributed by atoms with Gasteiger partial charge < -0.3 is 50.2 Å². The van der Waals surface area contributed by atoms with Gasteiger partial charge in [0, 0.05) is 24.4 Å². The van der Waals surface area contributed by atoms with Gasteiger partial charge in [0.2, 0.25) is 6.29 Å². The Morgan fingerprint density at radius 3 is 2.54 bits per heavy atom. The van der Waals surface area contributed by atoms with Gasteiger partial charge in [0.05, 0.1) is 12.1 Å². The van der Waals surface area contributed by atoms with Crippen LogP contribution in [0.4, 0.5) is 0 Å². The minimum atomic E-state index is -3.04. The van der Waals surface area contributed by atoms with Gasteiger partial charge in [-0.2, -0.15) is 0 Å². The fourth-order valence-corrected chi connectivity index (χ4v) is 6.92. The maximum atomic E-state index is 12.5. The highest BCUT2D eigenvalue weighted by Gasteiger charge is 2.67. The molecule has 3 aliphatic rings. The molecule has 3 aliphatic heterocycles. The van der Waals surface area contributed by atoms with E-state index in [0.29, 0.717) is 29.7 Å². The fraction of sp³-hybridized carbons (Fsp3) is 0.341. The number of carboxylic acid groups (broad SMARTS) is 1. The third-order valence-electron chi connectivity index (χ3n) is 10.3. The number of phenols is 1. The number of ether oxygens (including phenoxy) is 3. The maximum Gasteiger partial charge on any atom is 0.335 e. The Morgan fingerprint density at radius 1 is 1.09 bits per heavy atom. The molecule has 1 fully saturated rings. The first-order valence-electron chi connectivity index (χ1n) is 17.7. The van der Waals surface area contributed by atoms with E-state index in [1.165, 1.54) is 30.3 Å². The van der Waals surface area contributed by atoms with Crippen molar-refractivity contribution in [3.05, 3.63) is 107 Å². The highest BCUT2D eigenvalue weighted by molar-refractivity contribution is 5.91. The second-order valence-electron chi connectivity index (χ2n) is 13.9. The average molecular weight is 741 g/mol. The monoisotopic (exact) mass is 740 g/mol. The molecule has 3 aromatic carbocycles. The smallest absolute Gasteiger partial charge is 0.335 e. The van der Waals surface area contributed by atoms with Crippen molar-refractivity contribution in [3.63, 3.8) is 0 Å². The van der Waals surface area contributed by atoms with Crippen LogP contribution in [0.15, 0.2) is 95.5 Å². The van der Waals surface area contributed by atoms with Crippen LogP contribution < -0.4 is 14.8 Å². The van der Waals surface area contributed by atoms with Gasteiger partial charge in [-0.15, -0.1) is 0 Å². The molecule has 0 saturated carbocycles. The van der Waals surface area contributed by atoms with E-state index in [1.807, 2.05) is 48.7 Å². The van der Waals surface area contributed by atoms with Crippen LogP contribution in [0.2, 0.25) is 0 Å². The van der Waals surface area contributed by atoms with E-state index >= 15 is 0 Å². The highest BCUT2D eigenvalue weighted by Crippen LogP contribution is 2.42. The van der Waals surface area contributed by atoms with E-state index in [-0.39, 0.29) is 54.3 Å². The second kappa shape index (κ2) is 16.4. The summed E-state index contributed by atoms with van der Waals surface area (Å²) < 4.78 is 17.5. The Kier molecular flexibility index (Phi) is 11.6. The van der Waals surface area contributed by atoms with Crippen LogP contribution in [0.25, 0.3) is 17.4 Å². The van der Waals surface area contributed by atoms with Gasteiger partial charge in [0.25, 0.3) is 0 Å². The van der Waals surface area contributed by atoms with Gasteiger partial charge in [-0.25, -0.2) is 4.79 Å². The summed E-state index contributed by atoms with van der Waals surface area (Å²) in [5.74, 6) is -1.43. The predicted octanol–water partition coefficient (Wildman–Crippen LogP) is 3.77. The Morgan fingerprint density at radius 2 is 1.85 bits per heavy atom. The zero-order chi connectivity index (χ0) is 38.5. The lowest BCUT2D eigenvalue weighted by molar-refractivity contribution is -0.334. The van der Waals surface area contributed by atoms with E-state index in [9.17, 15) is 40.2 Å². The minimum Gasteiger partial charge on any atom is -0.508 e. The maximum absolute atomic E-state index is 12.5. The number of phenolic OH excluding ortho intramolecular Hbond substituents is 1. The summed E-state index contributed by atoms with van der Waals surface area (Å²) in [5.41, 5.74) is -2.22. The molecule has 13 nitrogen and oxygen atoms in total. The van der Waals surface area contributed by atoms with Crippen LogP contribution in [0, 0.1) is 11.8 Å². The number of aliphatic imine (C=N–C) groups is 1. The van der Waals surface area contributed by atoms with Crippen molar-refractivity contribution in [1.29, 1.82) is 0 Å². The Balaban J connectivity index is 1.23. The number of hydrogen-bond acceptors (Lipinski definition) is 12. The number of fused-ring (bicyclic) bond motifs is 1. The number of carbonyl (C=O) groups is 2. The number of aliphatic hydroxyl groups excluding tert-OH is 2. The lowest BCUT2D eigenvalue weighted by atomic mass is 9.74. The number of aldehydes is 1. The quantitative estimate of drug-likeness (QED) is 0.111. The largest absolute Gasteiger partial charge is 0.508 e. The second-order valence-corrected chi connectivity index (χ2v) is 13.9. The van der Waals surface area contributed by atoms with Crippen LogP contribution >= 0.6 is 0 Å². The van der Waals surface area contributed by atoms with E-state index in [2.05, 4.69) is 23.3 Å². The molecule has 7 N–H and O–H groups in total. The standard InChI is InChI=1S/C41H44N2O11/c1-25(6-5-9-26-7-3-2-4-8-26)29(18-27-16-17-42-20-27)21-43-23-40(50)39(54-36(38(48)49)37(47)41(40,51)24-44)53-31-14-15-32-34(19-31)52-22-33(35(32)46)28-10-12-30(45)13-11-28/h2-5,7-16,19-20,24-25,29,36-37,39,43,45-47,50-51H,6,17-18,21-23H2,1H3,(H,48,49)/b9-5+/t25-,29+,36+,37-,39-,40+,41+/m1/s1. The molecule has 0 amide bonds. The number of aliphatic carboxylic acids is 1. The molecule has 54 heavy (non-hydrogen) atoms. The van der Waals surface area contributed by atoms with E-state index in [4.69, 9.17) is 14.2 Å². The predicted molar refractivity (Wildman–Crippen MR) is 200 cm³/mol. The van der Waals surface area contributed by atoms with Crippen molar-refractivity contribution in [1.82, 2.24) is 5.32 Å². The highest BCUT2D eigenvalue weighted by atomic mass is 16.7. The first-order valence-corrected chi connectivity index (χ1v) is 17.7. The molecule has 13 heteroatoms. The van der Waals surface area contributed by atoms with Crippen LogP contribution in [-0.4, -0.2) is 105 Å². The fourth-order valence-electron chi connectivity index (χ4n) is 6.92. The zero-order valence-corrected chi connectivity index (χ0v) is 29.6. The summed E-state index contributed by atoms with van der Waals surface area (Å²) in [5, 5.41) is 68.4. The van der Waals surface area contributed by atoms with Crippen molar-refractivity contribution < 1.29 is 54.4 Å². The number of nitrogens with one attached hydrogen (secondary N) is 1. The molecule has 0 aliphatic carbocycles. The van der Waals surface area contributed by atoms with Crippen molar-refractivity contribution in [2.75, 3.05) is 26.2 Å². The average Bonchev–Trinajstić information content (AvgIpc) is 3.69. The molecular weight excluding hydrogens is 696 g/mol. The summed E-state index contributed by atoms with van der Waals surface area (Å²) in [6.45, 7) is 2.39. The van der Waals surface area contributed by atoms with Gasteiger partial charge >= 0.3 is 5.97 Å². The number of aromatic hydroxyl groups is 1. The Hall–Kier alpha value is -5.31. The Bertz CT molecular complexity index is 1940. The van der Waals surface area contributed by atoms with Crippen molar-refractivity contribution >= 4 is 35.9 Å². The summed E-state index contributed by atoms with van der Waals surface area (Å²) in [4.78, 5) is 29.0. The van der Waals surface area contributed by atoms with Crippen LogP contribution in [-0.2, 0) is 14.3 Å². The molecule has 3 heterocycles. The van der Waals surface area contributed by atoms with E-state index < -0.39 is 42.2 Å². The molecule has 0 radical (unpaired) electrons. The summed E-state index contributed by atoms with van der Waals surface area (Å²) in [6, 6.07) is 20.4. The van der Waals surface area contributed by atoms with Gasteiger partial charge in [-0.05, 0) is 72.2 Å². The summed E-state index contributed by atoms with van der Waals surface area (Å²) >= 11 is 0. The summed E-state index contributed by atoms with van der Waals surface area (Å²) in [6.07, 6.45) is 2.79. The van der Waals surface area contributed by atoms with Crippen molar-refractivity contribution in [3.8, 4) is 17.2 Å². The first kappa shape index (κ1) is 38.4. The Labute approximate surface area is 312 Å². The zero-order valence-electron chi connectivity index (χ0n) is 29.6. The lowest BCUT2D eigenvalue weighted by Crippen LogP contribution is -2.79.